The van der Waals surface area contributed by atoms with E-state index in [-0.39, 0.29) is 11.2 Å². The molecule has 0 fully saturated rings. The van der Waals surface area contributed by atoms with Crippen molar-refractivity contribution in [3.05, 3.63) is 107 Å². The molecule has 0 heterocycles. The summed E-state index contributed by atoms with van der Waals surface area (Å²) < 4.78 is 13.3. The van der Waals surface area contributed by atoms with Crippen molar-refractivity contribution in [1.82, 2.24) is 0 Å². The fourth-order valence-corrected chi connectivity index (χ4v) is 3.04. The van der Waals surface area contributed by atoms with Crippen LogP contribution in [0.1, 0.15) is 38.3 Å². The zero-order valence-corrected chi connectivity index (χ0v) is 14.7. The standard InChI is InChI=1S/C21H19F.C2H6/c1-21(18-11-7-4-8-12-18,17-9-5-2-3-6-10-17)19-13-15-20(22)16-14-19;1-2/h2-9,11-16H,10H2,1H3;1-2H3. The van der Waals surface area contributed by atoms with Crippen LogP contribution in [0.25, 0.3) is 0 Å². The molecule has 1 heteroatoms. The van der Waals surface area contributed by atoms with Gasteiger partial charge < -0.3 is 0 Å². The van der Waals surface area contributed by atoms with E-state index in [9.17, 15) is 4.39 Å². The molecule has 3 rings (SSSR count). The Morgan fingerprint density at radius 3 is 2.08 bits per heavy atom. The molecular weight excluding hydrogens is 295 g/mol. The Morgan fingerprint density at radius 2 is 1.42 bits per heavy atom. The van der Waals surface area contributed by atoms with Crippen molar-refractivity contribution < 1.29 is 4.39 Å². The maximum atomic E-state index is 13.3. The molecule has 0 saturated heterocycles. The molecule has 0 saturated carbocycles. The van der Waals surface area contributed by atoms with Gasteiger partial charge in [0.1, 0.15) is 5.82 Å². The van der Waals surface area contributed by atoms with Gasteiger partial charge in [-0.3, -0.25) is 0 Å². The summed E-state index contributed by atoms with van der Waals surface area (Å²) in [6.45, 7) is 6.22. The number of benzene rings is 2. The van der Waals surface area contributed by atoms with E-state index in [4.69, 9.17) is 0 Å². The predicted octanol–water partition coefficient (Wildman–Crippen LogP) is 6.60. The number of halogens is 1. The van der Waals surface area contributed by atoms with Gasteiger partial charge >= 0.3 is 0 Å². The molecule has 24 heavy (non-hydrogen) atoms. The summed E-state index contributed by atoms with van der Waals surface area (Å²) in [7, 11) is 0. The van der Waals surface area contributed by atoms with Crippen LogP contribution < -0.4 is 0 Å². The minimum atomic E-state index is -0.270. The van der Waals surface area contributed by atoms with Crippen molar-refractivity contribution in [3.63, 3.8) is 0 Å². The molecule has 0 bridgehead atoms. The molecule has 0 N–H and O–H groups in total. The monoisotopic (exact) mass is 320 g/mol. The summed E-state index contributed by atoms with van der Waals surface area (Å²) in [5.41, 5.74) is 3.36. The summed E-state index contributed by atoms with van der Waals surface area (Å²) in [6, 6.07) is 17.3. The van der Waals surface area contributed by atoms with E-state index in [2.05, 4.69) is 55.5 Å². The molecule has 1 atom stereocenters. The minimum absolute atomic E-state index is 0.200. The Balaban J connectivity index is 0.00000100. The van der Waals surface area contributed by atoms with Gasteiger partial charge in [-0.15, -0.1) is 0 Å². The van der Waals surface area contributed by atoms with Crippen LogP contribution in [-0.4, -0.2) is 0 Å². The molecule has 2 aromatic rings. The number of hydrogen-bond acceptors (Lipinski definition) is 0. The van der Waals surface area contributed by atoms with Gasteiger partial charge in [0.15, 0.2) is 0 Å². The fraction of sp³-hybridized carbons (Fsp3) is 0.217. The summed E-state index contributed by atoms with van der Waals surface area (Å²) in [5, 5.41) is 0. The normalized spacial score (nSPS) is 15.6. The second-order valence-electron chi connectivity index (χ2n) is 5.71. The third-order valence-electron chi connectivity index (χ3n) is 4.41. The van der Waals surface area contributed by atoms with Gasteiger partial charge in [0.25, 0.3) is 0 Å². The summed E-state index contributed by atoms with van der Waals surface area (Å²) in [4.78, 5) is 0. The molecule has 124 valence electrons. The Morgan fingerprint density at radius 1 is 0.792 bits per heavy atom. The lowest BCUT2D eigenvalue weighted by Crippen LogP contribution is -2.26. The molecule has 1 aliphatic carbocycles. The first-order valence-corrected chi connectivity index (χ1v) is 8.55. The maximum absolute atomic E-state index is 13.3. The van der Waals surface area contributed by atoms with E-state index >= 15 is 0 Å². The molecule has 1 unspecified atom stereocenters. The van der Waals surface area contributed by atoms with Crippen LogP contribution in [0.5, 0.6) is 0 Å². The SMILES string of the molecule is CC.CC(C1=CC=CC=CC1)(c1ccccc1)c1ccc(F)cc1. The molecule has 2 aromatic carbocycles. The maximum Gasteiger partial charge on any atom is 0.123 e. The third kappa shape index (κ3) is 3.73. The molecule has 0 spiro atoms. The molecule has 0 nitrogen and oxygen atoms in total. The van der Waals surface area contributed by atoms with Crippen molar-refractivity contribution in [2.75, 3.05) is 0 Å². The van der Waals surface area contributed by atoms with Gasteiger partial charge in [0.2, 0.25) is 0 Å². The largest absolute Gasteiger partial charge is 0.207 e. The van der Waals surface area contributed by atoms with Crippen molar-refractivity contribution >= 4 is 0 Å². The fourth-order valence-electron chi connectivity index (χ4n) is 3.04. The summed E-state index contributed by atoms with van der Waals surface area (Å²) in [6.07, 6.45) is 11.4. The lowest BCUT2D eigenvalue weighted by atomic mass is 9.69. The van der Waals surface area contributed by atoms with Crippen LogP contribution >= 0.6 is 0 Å². The second-order valence-corrected chi connectivity index (χ2v) is 5.71. The van der Waals surface area contributed by atoms with Crippen LogP contribution in [0.4, 0.5) is 4.39 Å². The van der Waals surface area contributed by atoms with Gasteiger partial charge in [-0.1, -0.05) is 92.3 Å². The van der Waals surface area contributed by atoms with E-state index in [1.54, 1.807) is 12.1 Å². The van der Waals surface area contributed by atoms with Gasteiger partial charge in [-0.25, -0.2) is 4.39 Å². The van der Waals surface area contributed by atoms with E-state index in [0.29, 0.717) is 0 Å². The summed E-state index contributed by atoms with van der Waals surface area (Å²) in [5.74, 6) is -0.200. The molecule has 0 aliphatic heterocycles. The molecule has 1 aliphatic rings. The van der Waals surface area contributed by atoms with Gasteiger partial charge in [0, 0.05) is 5.41 Å². The lowest BCUT2D eigenvalue weighted by molar-refractivity contribution is 0.618. The Kier molecular flexibility index (Phi) is 6.31. The first-order chi connectivity index (χ1) is 11.7. The van der Waals surface area contributed by atoms with Crippen LogP contribution in [0.15, 0.2) is 90.6 Å². The lowest BCUT2D eigenvalue weighted by Gasteiger charge is -2.33. The highest BCUT2D eigenvalue weighted by molar-refractivity contribution is 5.49. The first-order valence-electron chi connectivity index (χ1n) is 8.55. The first kappa shape index (κ1) is 17.9. The average molecular weight is 320 g/mol. The zero-order chi connectivity index (χ0) is 17.4. The quantitative estimate of drug-likeness (QED) is 0.597. The molecule has 0 aromatic heterocycles. The molecule has 0 amide bonds. The van der Waals surface area contributed by atoms with Gasteiger partial charge in [0.05, 0.1) is 0 Å². The van der Waals surface area contributed by atoms with Crippen molar-refractivity contribution in [3.8, 4) is 0 Å². The zero-order valence-electron chi connectivity index (χ0n) is 14.7. The van der Waals surface area contributed by atoms with Crippen molar-refractivity contribution in [2.24, 2.45) is 0 Å². The highest BCUT2D eigenvalue weighted by Gasteiger charge is 2.32. The number of hydrogen-bond donors (Lipinski definition) is 0. The van der Waals surface area contributed by atoms with Crippen LogP contribution in [-0.2, 0) is 5.41 Å². The number of rotatable bonds is 3. The highest BCUT2D eigenvalue weighted by Crippen LogP contribution is 2.41. The van der Waals surface area contributed by atoms with Crippen LogP contribution in [0, 0.1) is 5.82 Å². The van der Waals surface area contributed by atoms with Crippen molar-refractivity contribution in [2.45, 2.75) is 32.6 Å². The number of allylic oxidation sites excluding steroid dienone is 6. The summed E-state index contributed by atoms with van der Waals surface area (Å²) >= 11 is 0. The van der Waals surface area contributed by atoms with Gasteiger partial charge in [-0.05, 0) is 36.6 Å². The topological polar surface area (TPSA) is 0 Å². The minimum Gasteiger partial charge on any atom is -0.207 e. The molecule has 0 radical (unpaired) electrons. The molecular formula is C23H25F. The Labute approximate surface area is 145 Å². The van der Waals surface area contributed by atoms with E-state index in [0.717, 1.165) is 12.0 Å². The van der Waals surface area contributed by atoms with E-state index in [1.165, 1.54) is 11.1 Å². The third-order valence-corrected chi connectivity index (χ3v) is 4.41. The smallest absolute Gasteiger partial charge is 0.123 e. The predicted molar refractivity (Wildman–Crippen MR) is 102 cm³/mol. The van der Waals surface area contributed by atoms with Crippen molar-refractivity contribution in [1.29, 1.82) is 0 Å². The van der Waals surface area contributed by atoms with Crippen LogP contribution in [0.3, 0.4) is 0 Å². The second kappa shape index (κ2) is 8.44. The van der Waals surface area contributed by atoms with E-state index in [1.807, 2.05) is 38.1 Å². The Hall–Kier alpha value is -2.41. The highest BCUT2D eigenvalue weighted by atomic mass is 19.1. The van der Waals surface area contributed by atoms with E-state index < -0.39 is 0 Å². The van der Waals surface area contributed by atoms with Gasteiger partial charge in [-0.2, -0.15) is 0 Å². The van der Waals surface area contributed by atoms with Crippen LogP contribution in [0.2, 0.25) is 0 Å². The average Bonchev–Trinajstić information content (AvgIpc) is 2.94. The Bertz CT molecular complexity index is 720.